The van der Waals surface area contributed by atoms with E-state index in [2.05, 4.69) is 39.5 Å². The minimum absolute atomic E-state index is 0.287. The smallest absolute Gasteiger partial charge is 0.145 e. The fourth-order valence-electron chi connectivity index (χ4n) is 3.19. The molecular formula is C14H24N6. The summed E-state index contributed by atoms with van der Waals surface area (Å²) in [5, 5.41) is 3.59. The van der Waals surface area contributed by atoms with Gasteiger partial charge in [0, 0.05) is 24.6 Å². The molecule has 20 heavy (non-hydrogen) atoms. The van der Waals surface area contributed by atoms with E-state index in [-0.39, 0.29) is 5.92 Å². The van der Waals surface area contributed by atoms with Crippen molar-refractivity contribution in [1.29, 1.82) is 0 Å². The van der Waals surface area contributed by atoms with E-state index in [4.69, 9.17) is 5.84 Å². The van der Waals surface area contributed by atoms with E-state index >= 15 is 0 Å². The first-order valence-corrected chi connectivity index (χ1v) is 7.50. The number of hydrazine groups is 1. The van der Waals surface area contributed by atoms with Crippen molar-refractivity contribution in [3.63, 3.8) is 0 Å². The molecule has 0 saturated carbocycles. The van der Waals surface area contributed by atoms with Gasteiger partial charge in [-0.3, -0.25) is 0 Å². The van der Waals surface area contributed by atoms with E-state index in [1.807, 2.05) is 6.07 Å². The summed E-state index contributed by atoms with van der Waals surface area (Å²) < 4.78 is 0. The van der Waals surface area contributed by atoms with Crippen LogP contribution in [0.3, 0.4) is 0 Å². The van der Waals surface area contributed by atoms with Crippen molar-refractivity contribution in [2.24, 2.45) is 11.8 Å². The van der Waals surface area contributed by atoms with Gasteiger partial charge >= 0.3 is 0 Å². The fraction of sp³-hybridized carbons (Fsp3) is 0.714. The number of nitrogens with zero attached hydrogens (tertiary/aromatic N) is 3. The number of nitrogen functional groups attached to an aromatic ring is 1. The lowest BCUT2D eigenvalue weighted by Gasteiger charge is -2.45. The Morgan fingerprint density at radius 3 is 2.50 bits per heavy atom. The van der Waals surface area contributed by atoms with Crippen LogP contribution in [0.2, 0.25) is 0 Å². The Labute approximate surface area is 120 Å². The standard InChI is InChI=1S/C14H24N6/c1-9(2)14-17-12(7-13(18-14)19-15)16-11-8-20-5-3-10(11)4-6-20/h7,9-11H,3-6,8,15H2,1-2H3,(H2,16,17,18,19). The zero-order valence-electron chi connectivity index (χ0n) is 12.3. The van der Waals surface area contributed by atoms with Crippen molar-refractivity contribution < 1.29 is 0 Å². The van der Waals surface area contributed by atoms with E-state index in [1.54, 1.807) is 0 Å². The normalized spacial score (nSPS) is 28.7. The van der Waals surface area contributed by atoms with Crippen LogP contribution in [0.5, 0.6) is 0 Å². The molecule has 0 aromatic carbocycles. The molecule has 3 fully saturated rings. The number of aromatic nitrogens is 2. The molecule has 1 aromatic rings. The summed E-state index contributed by atoms with van der Waals surface area (Å²) in [5.41, 5.74) is 2.63. The lowest BCUT2D eigenvalue weighted by molar-refractivity contribution is 0.0973. The maximum absolute atomic E-state index is 5.51. The minimum Gasteiger partial charge on any atom is -0.366 e. The largest absolute Gasteiger partial charge is 0.366 e. The lowest BCUT2D eigenvalue weighted by atomic mass is 9.84. The van der Waals surface area contributed by atoms with E-state index < -0.39 is 0 Å². The van der Waals surface area contributed by atoms with Gasteiger partial charge in [-0.15, -0.1) is 0 Å². The number of nitrogens with two attached hydrogens (primary N) is 1. The highest BCUT2D eigenvalue weighted by atomic mass is 15.3. The SMILES string of the molecule is CC(C)c1nc(NN)cc(NC2CN3CCC2CC3)n1. The van der Waals surface area contributed by atoms with Crippen molar-refractivity contribution in [3.05, 3.63) is 11.9 Å². The zero-order valence-corrected chi connectivity index (χ0v) is 12.3. The average molecular weight is 276 g/mol. The van der Waals surface area contributed by atoms with Gasteiger partial charge in [0.15, 0.2) is 0 Å². The van der Waals surface area contributed by atoms with Gasteiger partial charge in [0.2, 0.25) is 0 Å². The van der Waals surface area contributed by atoms with Gasteiger partial charge in [-0.25, -0.2) is 15.8 Å². The van der Waals surface area contributed by atoms with Gasteiger partial charge in [0.25, 0.3) is 0 Å². The van der Waals surface area contributed by atoms with E-state index in [9.17, 15) is 0 Å². The molecule has 110 valence electrons. The third-order valence-corrected chi connectivity index (χ3v) is 4.40. The number of piperidine rings is 3. The molecule has 3 saturated heterocycles. The van der Waals surface area contributed by atoms with Crippen molar-refractivity contribution in [1.82, 2.24) is 14.9 Å². The number of fused-ring (bicyclic) bond motifs is 3. The summed E-state index contributed by atoms with van der Waals surface area (Å²) in [6.45, 7) is 7.80. The number of anilines is 2. The maximum atomic E-state index is 5.51. The van der Waals surface area contributed by atoms with E-state index in [0.717, 1.165) is 24.1 Å². The number of nitrogens with one attached hydrogen (secondary N) is 2. The first-order valence-electron chi connectivity index (χ1n) is 7.50. The molecule has 1 unspecified atom stereocenters. The molecule has 0 amide bonds. The summed E-state index contributed by atoms with van der Waals surface area (Å²) in [4.78, 5) is 11.5. The van der Waals surface area contributed by atoms with Crippen molar-refractivity contribution in [2.45, 2.75) is 38.6 Å². The predicted molar refractivity (Wildman–Crippen MR) is 80.5 cm³/mol. The molecule has 4 heterocycles. The van der Waals surface area contributed by atoms with Crippen LogP contribution in [0.25, 0.3) is 0 Å². The van der Waals surface area contributed by atoms with Crippen molar-refractivity contribution in [2.75, 3.05) is 30.4 Å². The van der Waals surface area contributed by atoms with E-state index in [0.29, 0.717) is 11.9 Å². The molecule has 4 N–H and O–H groups in total. The second-order valence-corrected chi connectivity index (χ2v) is 6.18. The Balaban J connectivity index is 1.78. The minimum atomic E-state index is 0.287. The molecule has 2 bridgehead atoms. The summed E-state index contributed by atoms with van der Waals surface area (Å²) in [6.07, 6.45) is 2.59. The molecule has 6 heteroatoms. The molecule has 6 nitrogen and oxygen atoms in total. The molecule has 0 aliphatic carbocycles. The van der Waals surface area contributed by atoms with Crippen molar-refractivity contribution in [3.8, 4) is 0 Å². The molecule has 1 aromatic heterocycles. The summed E-state index contributed by atoms with van der Waals surface area (Å²) in [5.74, 6) is 8.94. The predicted octanol–water partition coefficient (Wildman–Crippen LogP) is 1.39. The summed E-state index contributed by atoms with van der Waals surface area (Å²) >= 11 is 0. The Morgan fingerprint density at radius 1 is 1.25 bits per heavy atom. The zero-order chi connectivity index (χ0) is 14.1. The highest BCUT2D eigenvalue weighted by Gasteiger charge is 2.34. The highest BCUT2D eigenvalue weighted by Crippen LogP contribution is 2.29. The van der Waals surface area contributed by atoms with Crippen LogP contribution >= 0.6 is 0 Å². The summed E-state index contributed by atoms with van der Waals surface area (Å²) in [6, 6.07) is 2.39. The second-order valence-electron chi connectivity index (χ2n) is 6.18. The first-order chi connectivity index (χ1) is 9.65. The highest BCUT2D eigenvalue weighted by molar-refractivity contribution is 5.48. The first kappa shape index (κ1) is 13.6. The fourth-order valence-corrected chi connectivity index (χ4v) is 3.19. The van der Waals surface area contributed by atoms with Gasteiger partial charge < -0.3 is 15.6 Å². The van der Waals surface area contributed by atoms with Crippen LogP contribution in [0.1, 0.15) is 38.4 Å². The Bertz CT molecular complexity index is 467. The van der Waals surface area contributed by atoms with Crippen molar-refractivity contribution >= 4 is 11.6 Å². The third kappa shape index (κ3) is 2.71. The molecule has 0 spiro atoms. The van der Waals surface area contributed by atoms with Crippen LogP contribution < -0.4 is 16.6 Å². The second kappa shape index (κ2) is 5.54. The van der Waals surface area contributed by atoms with Gasteiger partial charge in [-0.1, -0.05) is 13.8 Å². The Hall–Kier alpha value is -1.40. The van der Waals surface area contributed by atoms with Gasteiger partial charge in [0.1, 0.15) is 17.5 Å². The number of rotatable bonds is 4. The molecule has 4 rings (SSSR count). The summed E-state index contributed by atoms with van der Waals surface area (Å²) in [7, 11) is 0. The molecule has 0 radical (unpaired) electrons. The quantitative estimate of drug-likeness (QED) is 0.570. The van der Waals surface area contributed by atoms with Crippen LogP contribution in [0.4, 0.5) is 11.6 Å². The monoisotopic (exact) mass is 276 g/mol. The van der Waals surface area contributed by atoms with Gasteiger partial charge in [-0.05, 0) is 31.8 Å². The Kier molecular flexibility index (Phi) is 3.76. The molecule has 1 atom stereocenters. The number of hydrogen-bond acceptors (Lipinski definition) is 6. The van der Waals surface area contributed by atoms with Crippen LogP contribution in [-0.2, 0) is 0 Å². The van der Waals surface area contributed by atoms with Gasteiger partial charge in [-0.2, -0.15) is 0 Å². The number of hydrogen-bond donors (Lipinski definition) is 3. The third-order valence-electron chi connectivity index (χ3n) is 4.40. The lowest BCUT2D eigenvalue weighted by Crippen LogP contribution is -2.53. The van der Waals surface area contributed by atoms with Crippen LogP contribution in [-0.4, -0.2) is 40.5 Å². The molecule has 3 aliphatic rings. The topological polar surface area (TPSA) is 79.1 Å². The van der Waals surface area contributed by atoms with Crippen LogP contribution in [0.15, 0.2) is 6.07 Å². The Morgan fingerprint density at radius 2 is 1.95 bits per heavy atom. The van der Waals surface area contributed by atoms with Crippen LogP contribution in [0, 0.1) is 5.92 Å². The average Bonchev–Trinajstić information content (AvgIpc) is 2.48. The van der Waals surface area contributed by atoms with Gasteiger partial charge in [0.05, 0.1) is 0 Å². The molecule has 3 aliphatic heterocycles. The maximum Gasteiger partial charge on any atom is 0.145 e. The molecular weight excluding hydrogens is 252 g/mol. The van der Waals surface area contributed by atoms with E-state index in [1.165, 1.54) is 25.9 Å².